The van der Waals surface area contributed by atoms with E-state index in [9.17, 15) is 14.4 Å². The van der Waals surface area contributed by atoms with Gasteiger partial charge in [-0.1, -0.05) is 6.07 Å². The van der Waals surface area contributed by atoms with Crippen LogP contribution in [0, 0.1) is 18.8 Å². The van der Waals surface area contributed by atoms with E-state index in [4.69, 9.17) is 0 Å². The fourth-order valence-corrected chi connectivity index (χ4v) is 3.80. The molecule has 2 saturated heterocycles. The molecule has 2 N–H and O–H groups in total. The van der Waals surface area contributed by atoms with Gasteiger partial charge in [0.05, 0.1) is 11.8 Å². The van der Waals surface area contributed by atoms with Crippen molar-refractivity contribution in [3.05, 3.63) is 35.5 Å². The summed E-state index contributed by atoms with van der Waals surface area (Å²) in [5.41, 5.74) is 3.17. The first kappa shape index (κ1) is 15.7. The van der Waals surface area contributed by atoms with Gasteiger partial charge in [0.1, 0.15) is 0 Å². The van der Waals surface area contributed by atoms with E-state index in [0.29, 0.717) is 19.6 Å². The van der Waals surface area contributed by atoms with Crippen LogP contribution in [0.5, 0.6) is 0 Å². The largest absolute Gasteiger partial charge is 0.359 e. The summed E-state index contributed by atoms with van der Waals surface area (Å²) in [6.07, 6.45) is 0. The fourth-order valence-electron chi connectivity index (χ4n) is 3.80. The van der Waals surface area contributed by atoms with E-state index in [1.165, 1.54) is 11.9 Å². The van der Waals surface area contributed by atoms with Gasteiger partial charge in [0, 0.05) is 37.9 Å². The van der Waals surface area contributed by atoms with Crippen LogP contribution in [0.15, 0.2) is 24.3 Å². The van der Waals surface area contributed by atoms with Crippen LogP contribution in [0.25, 0.3) is 10.9 Å². The molecule has 2 atom stereocenters. The Morgan fingerprint density at radius 3 is 2.56 bits per heavy atom. The lowest BCUT2D eigenvalue weighted by Crippen LogP contribution is -2.41. The predicted molar refractivity (Wildman–Crippen MR) is 91.6 cm³/mol. The van der Waals surface area contributed by atoms with Gasteiger partial charge < -0.3 is 15.2 Å². The molecule has 7 heteroatoms. The Hall–Kier alpha value is -2.83. The first-order valence-corrected chi connectivity index (χ1v) is 8.36. The zero-order valence-corrected chi connectivity index (χ0v) is 14.2. The molecule has 2 aliphatic rings. The number of aromatic nitrogens is 1. The molecule has 1 aromatic carbocycles. The van der Waals surface area contributed by atoms with Crippen molar-refractivity contribution in [3.63, 3.8) is 0 Å². The molecule has 0 aliphatic carbocycles. The molecule has 0 unspecified atom stereocenters. The van der Waals surface area contributed by atoms with E-state index in [1.807, 2.05) is 25.1 Å². The quantitative estimate of drug-likeness (QED) is 0.807. The van der Waals surface area contributed by atoms with Crippen molar-refractivity contribution in [1.29, 1.82) is 0 Å². The highest BCUT2D eigenvalue weighted by Crippen LogP contribution is 2.32. The number of fused-ring (bicyclic) bond motifs is 2. The van der Waals surface area contributed by atoms with E-state index in [1.54, 1.807) is 4.90 Å². The van der Waals surface area contributed by atoms with Crippen molar-refractivity contribution in [2.45, 2.75) is 13.5 Å². The Morgan fingerprint density at radius 2 is 1.88 bits per heavy atom. The number of urea groups is 1. The summed E-state index contributed by atoms with van der Waals surface area (Å²) in [7, 11) is 1.51. The third-order valence-electron chi connectivity index (χ3n) is 5.17. The third-order valence-corrected chi connectivity index (χ3v) is 5.17. The standard InChI is InChI=1S/C18H20N4O3/c1-10-5-12-6-11(3-4-15(12)20-10)7-19-18(25)22-8-13-14(9-22)17(24)21(2)16(13)23/h3-6,13-14,20H,7-9H2,1-2H3,(H,19,25)/t13-,14+. The molecule has 2 fully saturated rings. The number of H-pyrrole nitrogens is 1. The fraction of sp³-hybridized carbons (Fsp3) is 0.389. The summed E-state index contributed by atoms with van der Waals surface area (Å²) in [5.74, 6) is -1.14. The molecule has 130 valence electrons. The van der Waals surface area contributed by atoms with Gasteiger partial charge >= 0.3 is 6.03 Å². The van der Waals surface area contributed by atoms with Crippen molar-refractivity contribution in [2.75, 3.05) is 20.1 Å². The van der Waals surface area contributed by atoms with Crippen LogP contribution in [0.1, 0.15) is 11.3 Å². The van der Waals surface area contributed by atoms with Crippen LogP contribution in [0.4, 0.5) is 4.79 Å². The topological polar surface area (TPSA) is 85.5 Å². The number of carbonyl (C=O) groups is 3. The number of rotatable bonds is 2. The first-order chi connectivity index (χ1) is 11.9. The van der Waals surface area contributed by atoms with Crippen molar-refractivity contribution >= 4 is 28.7 Å². The second-order valence-corrected chi connectivity index (χ2v) is 6.89. The zero-order chi connectivity index (χ0) is 17.7. The molecule has 0 bridgehead atoms. The monoisotopic (exact) mass is 340 g/mol. The minimum atomic E-state index is -0.387. The Kier molecular flexibility index (Phi) is 3.52. The maximum absolute atomic E-state index is 12.4. The predicted octanol–water partition coefficient (Wildman–Crippen LogP) is 1.23. The van der Waals surface area contributed by atoms with Crippen molar-refractivity contribution in [2.24, 2.45) is 11.8 Å². The maximum atomic E-state index is 12.4. The van der Waals surface area contributed by atoms with Crippen LogP contribution in [-0.4, -0.2) is 52.8 Å². The number of amides is 4. The number of hydrogen-bond donors (Lipinski definition) is 2. The lowest BCUT2D eigenvalue weighted by molar-refractivity contribution is -0.138. The highest BCUT2D eigenvalue weighted by atomic mass is 16.2. The number of imide groups is 1. The Balaban J connectivity index is 1.39. The van der Waals surface area contributed by atoms with Gasteiger partial charge in [-0.2, -0.15) is 0 Å². The van der Waals surface area contributed by atoms with Crippen molar-refractivity contribution in [3.8, 4) is 0 Å². The Morgan fingerprint density at radius 1 is 1.20 bits per heavy atom. The van der Waals surface area contributed by atoms with Gasteiger partial charge in [-0.25, -0.2) is 4.79 Å². The number of nitrogens with zero attached hydrogens (tertiary/aromatic N) is 2. The van der Waals surface area contributed by atoms with Crippen LogP contribution in [0.3, 0.4) is 0 Å². The van der Waals surface area contributed by atoms with E-state index < -0.39 is 0 Å². The summed E-state index contributed by atoms with van der Waals surface area (Å²) >= 11 is 0. The van der Waals surface area contributed by atoms with E-state index in [-0.39, 0.29) is 29.7 Å². The third kappa shape index (κ3) is 2.56. The Bertz CT molecular complexity index is 864. The molecule has 4 amide bonds. The molecule has 4 rings (SSSR count). The SMILES string of the molecule is Cc1cc2cc(CNC(=O)N3C[C@@H]4C(=O)N(C)C(=O)[C@@H]4C3)ccc2[nH]1. The molecular weight excluding hydrogens is 320 g/mol. The minimum absolute atomic E-state index is 0.182. The second-order valence-electron chi connectivity index (χ2n) is 6.89. The van der Waals surface area contributed by atoms with Crippen LogP contribution in [0.2, 0.25) is 0 Å². The van der Waals surface area contributed by atoms with E-state index in [0.717, 1.165) is 22.2 Å². The van der Waals surface area contributed by atoms with Gasteiger partial charge in [-0.15, -0.1) is 0 Å². The summed E-state index contributed by atoms with van der Waals surface area (Å²) < 4.78 is 0. The molecule has 3 heterocycles. The number of carbonyl (C=O) groups excluding carboxylic acids is 3. The summed E-state index contributed by atoms with van der Waals surface area (Å²) in [6.45, 7) is 3.03. The molecule has 0 radical (unpaired) electrons. The van der Waals surface area contributed by atoms with Crippen molar-refractivity contribution in [1.82, 2.24) is 20.1 Å². The van der Waals surface area contributed by atoms with Crippen LogP contribution in [-0.2, 0) is 16.1 Å². The lowest BCUT2D eigenvalue weighted by atomic mass is 10.00. The highest BCUT2D eigenvalue weighted by molar-refractivity contribution is 6.06. The first-order valence-electron chi connectivity index (χ1n) is 8.36. The van der Waals surface area contributed by atoms with Crippen LogP contribution < -0.4 is 5.32 Å². The van der Waals surface area contributed by atoms with Gasteiger partial charge in [0.2, 0.25) is 11.8 Å². The summed E-state index contributed by atoms with van der Waals surface area (Å²) in [4.78, 5) is 42.4. The smallest absolute Gasteiger partial charge is 0.317 e. The normalized spacial score (nSPS) is 22.8. The number of aromatic amines is 1. The maximum Gasteiger partial charge on any atom is 0.317 e. The zero-order valence-electron chi connectivity index (χ0n) is 14.2. The molecule has 0 saturated carbocycles. The molecule has 2 aliphatic heterocycles. The van der Waals surface area contributed by atoms with E-state index >= 15 is 0 Å². The minimum Gasteiger partial charge on any atom is -0.359 e. The molecule has 2 aromatic rings. The number of nitrogens with one attached hydrogen (secondary N) is 2. The highest BCUT2D eigenvalue weighted by Gasteiger charge is 2.51. The van der Waals surface area contributed by atoms with Crippen molar-refractivity contribution < 1.29 is 14.4 Å². The number of likely N-dealkylation sites (tertiary alicyclic amines) is 2. The molecule has 1 aromatic heterocycles. The summed E-state index contributed by atoms with van der Waals surface area (Å²) in [5, 5.41) is 3.99. The number of hydrogen-bond acceptors (Lipinski definition) is 3. The Labute approximate surface area is 145 Å². The average molecular weight is 340 g/mol. The number of benzene rings is 1. The van der Waals surface area contributed by atoms with Crippen LogP contribution >= 0.6 is 0 Å². The molecule has 25 heavy (non-hydrogen) atoms. The summed E-state index contributed by atoms with van der Waals surface area (Å²) in [6, 6.07) is 7.84. The van der Waals surface area contributed by atoms with E-state index in [2.05, 4.69) is 16.4 Å². The second kappa shape index (κ2) is 5.61. The van der Waals surface area contributed by atoms with Gasteiger partial charge in [-0.3, -0.25) is 14.5 Å². The number of aryl methyl sites for hydroxylation is 1. The lowest BCUT2D eigenvalue weighted by Gasteiger charge is -2.19. The molecule has 7 nitrogen and oxygen atoms in total. The molecular formula is C18H20N4O3. The average Bonchev–Trinajstić information content (AvgIpc) is 3.24. The van der Waals surface area contributed by atoms with Gasteiger partial charge in [0.25, 0.3) is 0 Å². The molecule has 0 spiro atoms. The van der Waals surface area contributed by atoms with Gasteiger partial charge in [0.15, 0.2) is 0 Å². The van der Waals surface area contributed by atoms with Gasteiger partial charge in [-0.05, 0) is 36.1 Å².